The van der Waals surface area contributed by atoms with Crippen molar-refractivity contribution < 1.29 is 9.53 Å². The molecule has 0 N–H and O–H groups in total. The highest BCUT2D eigenvalue weighted by Gasteiger charge is 2.30. The minimum atomic E-state index is 0.305. The number of anilines is 1. The molecule has 2 aromatic rings. The summed E-state index contributed by atoms with van der Waals surface area (Å²) in [5.41, 5.74) is 3.61. The molecule has 1 amide bonds. The molecule has 3 aliphatic rings. The zero-order valence-electron chi connectivity index (χ0n) is 19.8. The molecule has 5 rings (SSSR count). The first-order valence-corrected chi connectivity index (χ1v) is 12.4. The summed E-state index contributed by atoms with van der Waals surface area (Å²) in [5.74, 6) is 1.18. The summed E-state index contributed by atoms with van der Waals surface area (Å²) in [6, 6.07) is 17.7. The number of hydrogen-bond acceptors (Lipinski definition) is 5. The van der Waals surface area contributed by atoms with E-state index in [1.165, 1.54) is 30.5 Å². The second-order valence-electron chi connectivity index (χ2n) is 9.54. The highest BCUT2D eigenvalue weighted by molar-refractivity contribution is 5.78. The first-order chi connectivity index (χ1) is 16.2. The van der Waals surface area contributed by atoms with Gasteiger partial charge < -0.3 is 14.5 Å². The monoisotopic (exact) mass is 448 g/mol. The summed E-state index contributed by atoms with van der Waals surface area (Å²) in [6.45, 7) is 8.25. The Balaban J connectivity index is 1.09. The van der Waals surface area contributed by atoms with Crippen LogP contribution in [0.3, 0.4) is 0 Å². The number of carbonyl (C=O) groups excluding carboxylic acids is 1. The summed E-state index contributed by atoms with van der Waals surface area (Å²) in [4.78, 5) is 22.3. The quantitative estimate of drug-likeness (QED) is 0.679. The smallest absolute Gasteiger partial charge is 0.236 e. The number of ether oxygens (including phenoxy) is 1. The average Bonchev–Trinajstić information content (AvgIpc) is 2.84. The van der Waals surface area contributed by atoms with E-state index >= 15 is 0 Å². The summed E-state index contributed by atoms with van der Waals surface area (Å²) in [7, 11) is 1.70. The molecule has 2 aliphatic heterocycles. The first-order valence-electron chi connectivity index (χ1n) is 12.4. The van der Waals surface area contributed by atoms with E-state index in [1.807, 2.05) is 12.1 Å². The average molecular weight is 449 g/mol. The maximum absolute atomic E-state index is 12.8. The third-order valence-electron chi connectivity index (χ3n) is 7.62. The van der Waals surface area contributed by atoms with Crippen LogP contribution in [0.15, 0.2) is 48.5 Å². The Bertz CT molecular complexity index is 927. The Hall–Kier alpha value is -2.57. The van der Waals surface area contributed by atoms with Crippen LogP contribution in [-0.4, -0.2) is 92.7 Å². The van der Waals surface area contributed by atoms with Gasteiger partial charge in [-0.1, -0.05) is 30.7 Å². The van der Waals surface area contributed by atoms with Crippen LogP contribution >= 0.6 is 0 Å². The van der Waals surface area contributed by atoms with Crippen molar-refractivity contribution in [1.29, 1.82) is 0 Å². The van der Waals surface area contributed by atoms with E-state index in [0.29, 0.717) is 12.5 Å². The van der Waals surface area contributed by atoms with Crippen LogP contribution in [0.5, 0.6) is 5.75 Å². The van der Waals surface area contributed by atoms with Crippen molar-refractivity contribution in [1.82, 2.24) is 14.7 Å². The van der Waals surface area contributed by atoms with Crippen molar-refractivity contribution in [3.8, 4) is 16.9 Å². The van der Waals surface area contributed by atoms with Gasteiger partial charge in [-0.05, 0) is 48.2 Å². The van der Waals surface area contributed by atoms with Gasteiger partial charge in [-0.15, -0.1) is 0 Å². The summed E-state index contributed by atoms with van der Waals surface area (Å²) >= 11 is 0. The molecule has 1 saturated carbocycles. The van der Waals surface area contributed by atoms with Crippen molar-refractivity contribution in [3.63, 3.8) is 0 Å². The van der Waals surface area contributed by atoms with E-state index in [9.17, 15) is 4.79 Å². The van der Waals surface area contributed by atoms with Crippen LogP contribution in [0.1, 0.15) is 19.3 Å². The van der Waals surface area contributed by atoms with Crippen molar-refractivity contribution in [2.24, 2.45) is 0 Å². The van der Waals surface area contributed by atoms with Crippen LogP contribution in [0.25, 0.3) is 11.1 Å². The van der Waals surface area contributed by atoms with Crippen molar-refractivity contribution in [2.75, 3.05) is 70.9 Å². The van der Waals surface area contributed by atoms with Gasteiger partial charge in [0.15, 0.2) is 0 Å². The fourth-order valence-corrected chi connectivity index (χ4v) is 5.21. The maximum Gasteiger partial charge on any atom is 0.236 e. The Morgan fingerprint density at radius 3 is 2.24 bits per heavy atom. The Morgan fingerprint density at radius 1 is 0.879 bits per heavy atom. The molecule has 176 valence electrons. The number of amides is 1. The van der Waals surface area contributed by atoms with E-state index in [-0.39, 0.29) is 0 Å². The summed E-state index contributed by atoms with van der Waals surface area (Å²) in [5, 5.41) is 0. The third kappa shape index (κ3) is 5.17. The molecule has 2 heterocycles. The Morgan fingerprint density at radius 2 is 1.61 bits per heavy atom. The molecular weight excluding hydrogens is 412 g/mol. The predicted molar refractivity (Wildman–Crippen MR) is 133 cm³/mol. The van der Waals surface area contributed by atoms with Crippen LogP contribution < -0.4 is 9.64 Å². The fraction of sp³-hybridized carbons (Fsp3) is 0.519. The lowest BCUT2D eigenvalue weighted by molar-refractivity contribution is -0.134. The molecule has 1 aliphatic carbocycles. The van der Waals surface area contributed by atoms with Gasteiger partial charge in [0, 0.05) is 64.1 Å². The minimum absolute atomic E-state index is 0.305. The lowest BCUT2D eigenvalue weighted by Crippen LogP contribution is -2.56. The van der Waals surface area contributed by atoms with E-state index in [4.69, 9.17) is 4.74 Å². The number of benzene rings is 2. The molecule has 33 heavy (non-hydrogen) atoms. The maximum atomic E-state index is 12.8. The first kappa shape index (κ1) is 22.2. The molecule has 3 fully saturated rings. The van der Waals surface area contributed by atoms with Gasteiger partial charge in [0.25, 0.3) is 0 Å². The van der Waals surface area contributed by atoms with Crippen molar-refractivity contribution in [2.45, 2.75) is 25.3 Å². The molecule has 2 saturated heterocycles. The highest BCUT2D eigenvalue weighted by atomic mass is 16.5. The molecule has 2 aromatic carbocycles. The molecule has 0 bridgehead atoms. The Labute approximate surface area is 197 Å². The van der Waals surface area contributed by atoms with E-state index < -0.39 is 0 Å². The third-order valence-corrected chi connectivity index (χ3v) is 7.62. The zero-order valence-corrected chi connectivity index (χ0v) is 19.8. The molecule has 0 atom stereocenters. The number of piperazine rings is 2. The van der Waals surface area contributed by atoms with Gasteiger partial charge in [-0.3, -0.25) is 14.6 Å². The SMILES string of the molecule is COc1cccc(-c2ccc(N3CCN(CC(=O)N4CCN(C5CCC5)CC4)CC3)cc2)c1. The summed E-state index contributed by atoms with van der Waals surface area (Å²) in [6.07, 6.45) is 4.08. The van der Waals surface area contributed by atoms with Crippen LogP contribution in [0, 0.1) is 0 Å². The minimum Gasteiger partial charge on any atom is -0.497 e. The number of rotatable bonds is 6. The molecule has 0 aromatic heterocycles. The van der Waals surface area contributed by atoms with Gasteiger partial charge in [-0.25, -0.2) is 0 Å². The van der Waals surface area contributed by atoms with E-state index in [0.717, 1.165) is 69.7 Å². The lowest BCUT2D eigenvalue weighted by Gasteiger charge is -2.43. The Kier molecular flexibility index (Phi) is 6.83. The molecule has 6 heteroatoms. The second-order valence-corrected chi connectivity index (χ2v) is 9.54. The largest absolute Gasteiger partial charge is 0.497 e. The van der Waals surface area contributed by atoms with Gasteiger partial charge in [0.05, 0.1) is 13.7 Å². The topological polar surface area (TPSA) is 39.3 Å². The predicted octanol–water partition coefficient (Wildman–Crippen LogP) is 3.18. The van der Waals surface area contributed by atoms with Crippen molar-refractivity contribution in [3.05, 3.63) is 48.5 Å². The van der Waals surface area contributed by atoms with Crippen LogP contribution in [0.2, 0.25) is 0 Å². The van der Waals surface area contributed by atoms with Crippen molar-refractivity contribution >= 4 is 11.6 Å². The molecule has 0 radical (unpaired) electrons. The molecule has 6 nitrogen and oxygen atoms in total. The highest BCUT2D eigenvalue weighted by Crippen LogP contribution is 2.27. The van der Waals surface area contributed by atoms with Crippen LogP contribution in [-0.2, 0) is 4.79 Å². The standard InChI is InChI=1S/C27H36N4O2/c1-33-26-7-2-4-23(20-26)22-8-10-25(11-9-22)29-14-12-28(13-15-29)21-27(32)31-18-16-30(17-19-31)24-5-3-6-24/h2,4,7-11,20,24H,3,5-6,12-19,21H2,1H3. The normalized spacial score (nSPS) is 20.5. The van der Waals surface area contributed by atoms with Gasteiger partial charge in [-0.2, -0.15) is 0 Å². The number of nitrogens with zero attached hydrogens (tertiary/aromatic N) is 4. The number of hydrogen-bond donors (Lipinski definition) is 0. The number of carbonyl (C=O) groups is 1. The van der Waals surface area contributed by atoms with E-state index in [2.05, 4.69) is 56.0 Å². The fourth-order valence-electron chi connectivity index (χ4n) is 5.21. The second kappa shape index (κ2) is 10.1. The van der Waals surface area contributed by atoms with Crippen LogP contribution in [0.4, 0.5) is 5.69 Å². The summed E-state index contributed by atoms with van der Waals surface area (Å²) < 4.78 is 5.35. The van der Waals surface area contributed by atoms with E-state index in [1.54, 1.807) is 7.11 Å². The molecular formula is C27H36N4O2. The molecule has 0 spiro atoms. The van der Waals surface area contributed by atoms with Gasteiger partial charge >= 0.3 is 0 Å². The number of methoxy groups -OCH3 is 1. The van der Waals surface area contributed by atoms with Gasteiger partial charge in [0.1, 0.15) is 5.75 Å². The zero-order chi connectivity index (χ0) is 22.6. The van der Waals surface area contributed by atoms with Gasteiger partial charge in [0.2, 0.25) is 5.91 Å². The molecule has 0 unspecified atom stereocenters. The lowest BCUT2D eigenvalue weighted by atomic mass is 9.91.